The summed E-state index contributed by atoms with van der Waals surface area (Å²) >= 11 is 0. The van der Waals surface area contributed by atoms with Crippen molar-refractivity contribution in [1.29, 1.82) is 0 Å². The largest absolute Gasteiger partial charge is 0.481 e. The summed E-state index contributed by atoms with van der Waals surface area (Å²) in [5.41, 5.74) is 0. The molecule has 106 valence electrons. The highest BCUT2D eigenvalue weighted by molar-refractivity contribution is 5.78. The summed E-state index contributed by atoms with van der Waals surface area (Å²) in [5, 5.41) is 17.4. The van der Waals surface area contributed by atoms with Gasteiger partial charge < -0.3 is 24.6 Å². The second-order valence-corrected chi connectivity index (χ2v) is 3.85. The van der Waals surface area contributed by atoms with Crippen LogP contribution in [0.5, 0.6) is 0 Å². The fourth-order valence-electron chi connectivity index (χ4n) is 1.28. The molecule has 0 fully saturated rings. The molecule has 0 heterocycles. The van der Waals surface area contributed by atoms with E-state index in [1.54, 1.807) is 0 Å². The molecule has 0 aliphatic carbocycles. The Kier molecular flexibility index (Phi) is 9.17. The summed E-state index contributed by atoms with van der Waals surface area (Å²) in [7, 11) is 1.40. The van der Waals surface area contributed by atoms with Gasteiger partial charge in [0, 0.05) is 20.2 Å². The average molecular weight is 263 g/mol. The maximum atomic E-state index is 11.7. The van der Waals surface area contributed by atoms with E-state index in [0.717, 1.165) is 0 Å². The number of carbonyl (C=O) groups excluding carboxylic acids is 1. The van der Waals surface area contributed by atoms with Crippen molar-refractivity contribution in [3.8, 4) is 0 Å². The zero-order chi connectivity index (χ0) is 14.0. The summed E-state index contributed by atoms with van der Waals surface area (Å²) in [4.78, 5) is 23.8. The monoisotopic (exact) mass is 263 g/mol. The maximum absolute atomic E-state index is 11.7. The zero-order valence-electron chi connectivity index (χ0n) is 10.8. The summed E-state index contributed by atoms with van der Waals surface area (Å²) in [6, 6.07) is 0. The molecule has 0 spiro atoms. The molecule has 1 amide bonds. The minimum absolute atomic E-state index is 0.0858. The van der Waals surface area contributed by atoms with Crippen LogP contribution in [-0.4, -0.2) is 73.6 Å². The number of carboxylic acids is 1. The first-order valence-electron chi connectivity index (χ1n) is 5.71. The molecule has 7 heteroatoms. The van der Waals surface area contributed by atoms with Crippen LogP contribution in [-0.2, 0) is 19.1 Å². The zero-order valence-corrected chi connectivity index (χ0v) is 10.8. The van der Waals surface area contributed by atoms with E-state index >= 15 is 0 Å². The van der Waals surface area contributed by atoms with Crippen LogP contribution in [0.2, 0.25) is 0 Å². The number of carbonyl (C=O) groups is 2. The topological polar surface area (TPSA) is 96.3 Å². The van der Waals surface area contributed by atoms with Crippen LogP contribution in [0.4, 0.5) is 0 Å². The Morgan fingerprint density at radius 2 is 2.00 bits per heavy atom. The molecule has 0 aliphatic heterocycles. The van der Waals surface area contributed by atoms with Gasteiger partial charge in [0.25, 0.3) is 0 Å². The molecule has 0 aromatic heterocycles. The molecule has 0 saturated carbocycles. The van der Waals surface area contributed by atoms with Crippen molar-refractivity contribution in [2.45, 2.75) is 6.92 Å². The van der Waals surface area contributed by atoms with Gasteiger partial charge in [-0.05, 0) is 0 Å². The molecular weight excluding hydrogens is 242 g/mol. The Morgan fingerprint density at radius 3 is 2.50 bits per heavy atom. The highest BCUT2D eigenvalue weighted by Crippen LogP contribution is 2.01. The van der Waals surface area contributed by atoms with Crippen molar-refractivity contribution in [3.05, 3.63) is 0 Å². The van der Waals surface area contributed by atoms with E-state index in [1.807, 2.05) is 0 Å². The van der Waals surface area contributed by atoms with Gasteiger partial charge >= 0.3 is 5.97 Å². The summed E-state index contributed by atoms with van der Waals surface area (Å²) in [6.07, 6.45) is 0. The second kappa shape index (κ2) is 9.81. The van der Waals surface area contributed by atoms with Gasteiger partial charge in [-0.25, -0.2) is 0 Å². The molecule has 0 aromatic carbocycles. The third kappa shape index (κ3) is 7.21. The van der Waals surface area contributed by atoms with E-state index in [2.05, 4.69) is 0 Å². The first kappa shape index (κ1) is 16.8. The molecule has 1 atom stereocenters. The molecule has 0 bridgehead atoms. The Balaban J connectivity index is 4.24. The highest BCUT2D eigenvalue weighted by Gasteiger charge is 2.20. The van der Waals surface area contributed by atoms with E-state index in [9.17, 15) is 9.59 Å². The third-order valence-electron chi connectivity index (χ3n) is 2.28. The minimum atomic E-state index is -0.957. The van der Waals surface area contributed by atoms with Gasteiger partial charge in [-0.3, -0.25) is 9.59 Å². The number of aliphatic hydroxyl groups excluding tert-OH is 1. The van der Waals surface area contributed by atoms with Crippen LogP contribution in [0.3, 0.4) is 0 Å². The predicted molar refractivity (Wildman–Crippen MR) is 63.2 cm³/mol. The van der Waals surface area contributed by atoms with Crippen LogP contribution >= 0.6 is 0 Å². The minimum Gasteiger partial charge on any atom is -0.481 e. The van der Waals surface area contributed by atoms with E-state index in [1.165, 1.54) is 18.9 Å². The molecule has 2 N–H and O–H groups in total. The second-order valence-electron chi connectivity index (χ2n) is 3.85. The lowest BCUT2D eigenvalue weighted by Crippen LogP contribution is -2.41. The molecule has 0 rings (SSSR count). The van der Waals surface area contributed by atoms with E-state index in [0.29, 0.717) is 0 Å². The predicted octanol–water partition coefficient (Wildman–Crippen LogP) is -0.809. The van der Waals surface area contributed by atoms with Crippen molar-refractivity contribution >= 4 is 11.9 Å². The normalized spacial score (nSPS) is 12.2. The van der Waals surface area contributed by atoms with Gasteiger partial charge in [-0.2, -0.15) is 0 Å². The quantitative estimate of drug-likeness (QED) is 0.500. The number of aliphatic hydroxyl groups is 1. The number of rotatable bonds is 10. The molecule has 0 aliphatic rings. The van der Waals surface area contributed by atoms with Gasteiger partial charge in [0.15, 0.2) is 0 Å². The van der Waals surface area contributed by atoms with Crippen molar-refractivity contribution < 1.29 is 29.3 Å². The van der Waals surface area contributed by atoms with Crippen LogP contribution in [0.1, 0.15) is 6.92 Å². The molecular formula is C11H21NO6. The number of carboxylic acid groups (broad SMARTS) is 1. The number of hydrogen-bond acceptors (Lipinski definition) is 5. The number of nitrogens with zero attached hydrogens (tertiary/aromatic N) is 1. The first-order valence-corrected chi connectivity index (χ1v) is 5.71. The number of hydrogen-bond donors (Lipinski definition) is 2. The van der Waals surface area contributed by atoms with Crippen molar-refractivity contribution in [2.24, 2.45) is 5.92 Å². The standard InChI is InChI=1S/C11H21NO6/c1-9(11(15)16)7-12(10(14)8-17-2)3-5-18-6-4-13/h9,13H,3-8H2,1-2H3,(H,15,16). The molecule has 18 heavy (non-hydrogen) atoms. The van der Waals surface area contributed by atoms with Crippen molar-refractivity contribution in [3.63, 3.8) is 0 Å². The molecule has 0 radical (unpaired) electrons. The van der Waals surface area contributed by atoms with Gasteiger partial charge in [-0.1, -0.05) is 6.92 Å². The molecule has 0 saturated heterocycles. The van der Waals surface area contributed by atoms with E-state index < -0.39 is 11.9 Å². The highest BCUT2D eigenvalue weighted by atomic mass is 16.5. The molecule has 1 unspecified atom stereocenters. The lowest BCUT2D eigenvalue weighted by atomic mass is 10.1. The van der Waals surface area contributed by atoms with Gasteiger partial charge in [-0.15, -0.1) is 0 Å². The smallest absolute Gasteiger partial charge is 0.308 e. The number of ether oxygens (including phenoxy) is 2. The summed E-state index contributed by atoms with van der Waals surface area (Å²) in [5.74, 6) is -1.89. The fourth-order valence-corrected chi connectivity index (χ4v) is 1.28. The average Bonchev–Trinajstić information content (AvgIpc) is 2.32. The SMILES string of the molecule is COCC(=O)N(CCOCCO)CC(C)C(=O)O. The van der Waals surface area contributed by atoms with Crippen LogP contribution in [0, 0.1) is 5.92 Å². The third-order valence-corrected chi connectivity index (χ3v) is 2.28. The van der Waals surface area contributed by atoms with Crippen LogP contribution in [0.25, 0.3) is 0 Å². The van der Waals surface area contributed by atoms with Crippen molar-refractivity contribution in [2.75, 3.05) is 46.6 Å². The molecule has 7 nitrogen and oxygen atoms in total. The Hall–Kier alpha value is -1.18. The van der Waals surface area contributed by atoms with Gasteiger partial charge in [0.05, 0.1) is 25.7 Å². The lowest BCUT2D eigenvalue weighted by molar-refractivity contribution is -0.144. The number of methoxy groups -OCH3 is 1. The summed E-state index contributed by atoms with van der Waals surface area (Å²) < 4.78 is 9.79. The van der Waals surface area contributed by atoms with Crippen LogP contribution < -0.4 is 0 Å². The summed E-state index contributed by atoms with van der Waals surface area (Å²) in [6.45, 7) is 2.19. The van der Waals surface area contributed by atoms with E-state index in [-0.39, 0.29) is 45.4 Å². The Morgan fingerprint density at radius 1 is 1.33 bits per heavy atom. The van der Waals surface area contributed by atoms with Crippen molar-refractivity contribution in [1.82, 2.24) is 4.90 Å². The Labute approximate surface area is 106 Å². The van der Waals surface area contributed by atoms with Gasteiger partial charge in [0.2, 0.25) is 5.91 Å². The first-order chi connectivity index (χ1) is 8.52. The Bertz CT molecular complexity index is 258. The van der Waals surface area contributed by atoms with Crippen LogP contribution in [0.15, 0.2) is 0 Å². The fraction of sp³-hybridized carbons (Fsp3) is 0.818. The van der Waals surface area contributed by atoms with Gasteiger partial charge in [0.1, 0.15) is 6.61 Å². The molecule has 0 aromatic rings. The van der Waals surface area contributed by atoms with E-state index in [4.69, 9.17) is 19.7 Å². The number of amides is 1. The maximum Gasteiger partial charge on any atom is 0.308 e. The lowest BCUT2D eigenvalue weighted by Gasteiger charge is -2.24. The number of aliphatic carboxylic acids is 1.